The largest absolute Gasteiger partial charge is 0.478 e. The molecule has 0 amide bonds. The molecule has 0 N–H and O–H groups in total. The SMILES string of the molecule is CCc1cnc(N(CCCOc2cccc(C)n2)Cc2ccc(C(F)(F)F)cc2C(F)(F)F)nc1. The summed E-state index contributed by atoms with van der Waals surface area (Å²) in [5.74, 6) is 0.589. The first-order valence-electron chi connectivity index (χ1n) is 10.9. The number of halogens is 6. The fraction of sp³-hybridized carbons (Fsp3) is 0.375. The molecule has 3 aromatic rings. The molecule has 5 nitrogen and oxygen atoms in total. The van der Waals surface area contributed by atoms with Crippen LogP contribution in [-0.4, -0.2) is 28.1 Å². The van der Waals surface area contributed by atoms with Crippen molar-refractivity contribution >= 4 is 5.95 Å². The van der Waals surface area contributed by atoms with Gasteiger partial charge in [-0.3, -0.25) is 0 Å². The van der Waals surface area contributed by atoms with Crippen LogP contribution < -0.4 is 9.64 Å². The summed E-state index contributed by atoms with van der Waals surface area (Å²) in [5.41, 5.74) is -1.40. The Labute approximate surface area is 198 Å². The smallest absolute Gasteiger partial charge is 0.416 e. The van der Waals surface area contributed by atoms with Crippen molar-refractivity contribution in [1.29, 1.82) is 0 Å². The molecule has 0 saturated heterocycles. The van der Waals surface area contributed by atoms with E-state index in [4.69, 9.17) is 4.74 Å². The predicted molar refractivity (Wildman–Crippen MR) is 118 cm³/mol. The van der Waals surface area contributed by atoms with Gasteiger partial charge in [-0.2, -0.15) is 26.3 Å². The van der Waals surface area contributed by atoms with Crippen LogP contribution in [0.3, 0.4) is 0 Å². The number of aryl methyl sites for hydroxylation is 2. The summed E-state index contributed by atoms with van der Waals surface area (Å²) in [4.78, 5) is 14.2. The molecule has 0 unspecified atom stereocenters. The highest BCUT2D eigenvalue weighted by atomic mass is 19.4. The molecule has 0 saturated carbocycles. The standard InChI is InChI=1S/C24H24F6N4O/c1-3-17-13-31-22(32-14-17)34(10-5-11-35-21-7-4-6-16(2)33-21)15-18-8-9-19(23(25,26)27)12-20(18)24(28,29)30/h4,6-9,12-14H,3,5,10-11,15H2,1-2H3. The third-order valence-corrected chi connectivity index (χ3v) is 5.17. The van der Waals surface area contributed by atoms with Gasteiger partial charge in [0.1, 0.15) is 0 Å². The van der Waals surface area contributed by atoms with Crippen molar-refractivity contribution in [1.82, 2.24) is 15.0 Å². The Hall–Kier alpha value is -3.37. The van der Waals surface area contributed by atoms with Crippen LogP contribution in [0.1, 0.15) is 41.3 Å². The van der Waals surface area contributed by atoms with Crippen LogP contribution in [0.4, 0.5) is 32.3 Å². The van der Waals surface area contributed by atoms with Crippen LogP contribution in [0, 0.1) is 6.92 Å². The Morgan fingerprint density at radius 3 is 2.26 bits per heavy atom. The number of ether oxygens (including phenoxy) is 1. The zero-order chi connectivity index (χ0) is 25.6. The van der Waals surface area contributed by atoms with Gasteiger partial charge in [0.15, 0.2) is 0 Å². The molecule has 11 heteroatoms. The van der Waals surface area contributed by atoms with Crippen molar-refractivity contribution < 1.29 is 31.1 Å². The topological polar surface area (TPSA) is 51.1 Å². The number of anilines is 1. The molecule has 188 valence electrons. The summed E-state index contributed by atoms with van der Waals surface area (Å²) in [6.07, 6.45) is -5.65. The maximum absolute atomic E-state index is 13.7. The van der Waals surface area contributed by atoms with Gasteiger partial charge in [0.25, 0.3) is 0 Å². The lowest BCUT2D eigenvalue weighted by Crippen LogP contribution is -2.28. The number of alkyl halides is 6. The molecular formula is C24H24F6N4O. The van der Waals surface area contributed by atoms with Gasteiger partial charge in [-0.05, 0) is 49.1 Å². The number of nitrogens with zero attached hydrogens (tertiary/aromatic N) is 4. The summed E-state index contributed by atoms with van der Waals surface area (Å²) in [6.45, 7) is 3.81. The molecule has 3 rings (SSSR count). The van der Waals surface area contributed by atoms with E-state index in [1.807, 2.05) is 19.9 Å². The molecule has 0 bridgehead atoms. The molecule has 0 aliphatic carbocycles. The van der Waals surface area contributed by atoms with Crippen LogP contribution in [0.2, 0.25) is 0 Å². The van der Waals surface area contributed by atoms with Crippen molar-refractivity contribution in [3.05, 3.63) is 76.7 Å². The minimum Gasteiger partial charge on any atom is -0.478 e. The van der Waals surface area contributed by atoms with Gasteiger partial charge in [0.2, 0.25) is 11.8 Å². The van der Waals surface area contributed by atoms with Crippen molar-refractivity contribution in [3.8, 4) is 5.88 Å². The van der Waals surface area contributed by atoms with E-state index in [1.54, 1.807) is 24.5 Å². The van der Waals surface area contributed by atoms with E-state index in [9.17, 15) is 26.3 Å². The number of aromatic nitrogens is 3. The highest BCUT2D eigenvalue weighted by molar-refractivity contribution is 5.40. The maximum Gasteiger partial charge on any atom is 0.416 e. The van der Waals surface area contributed by atoms with Crippen molar-refractivity contribution in [2.45, 2.75) is 45.6 Å². The summed E-state index contributed by atoms with van der Waals surface area (Å²) in [5, 5.41) is 0. The van der Waals surface area contributed by atoms with Gasteiger partial charge in [-0.25, -0.2) is 15.0 Å². The third kappa shape index (κ3) is 7.30. The maximum atomic E-state index is 13.7. The molecule has 0 spiro atoms. The summed E-state index contributed by atoms with van der Waals surface area (Å²) < 4.78 is 85.7. The fourth-order valence-electron chi connectivity index (χ4n) is 3.33. The summed E-state index contributed by atoms with van der Waals surface area (Å²) in [6, 6.07) is 6.93. The van der Waals surface area contributed by atoms with Crippen molar-refractivity contribution in [2.24, 2.45) is 0 Å². The van der Waals surface area contributed by atoms with Crippen LogP contribution >= 0.6 is 0 Å². The van der Waals surface area contributed by atoms with Crippen LogP contribution in [0.15, 0.2) is 48.8 Å². The summed E-state index contributed by atoms with van der Waals surface area (Å²) in [7, 11) is 0. The van der Waals surface area contributed by atoms with E-state index in [0.717, 1.165) is 17.3 Å². The normalized spacial score (nSPS) is 12.0. The average Bonchev–Trinajstić information content (AvgIpc) is 2.80. The molecule has 2 heterocycles. The quantitative estimate of drug-likeness (QED) is 0.258. The highest BCUT2D eigenvalue weighted by Crippen LogP contribution is 2.38. The lowest BCUT2D eigenvalue weighted by atomic mass is 10.0. The summed E-state index contributed by atoms with van der Waals surface area (Å²) >= 11 is 0. The fourth-order valence-corrected chi connectivity index (χ4v) is 3.33. The average molecular weight is 498 g/mol. The predicted octanol–water partition coefficient (Wildman–Crippen LogP) is 6.26. The van der Waals surface area contributed by atoms with Gasteiger partial charge in [-0.1, -0.05) is 19.1 Å². The van der Waals surface area contributed by atoms with E-state index < -0.39 is 23.5 Å². The lowest BCUT2D eigenvalue weighted by Gasteiger charge is -2.25. The number of hydrogen-bond acceptors (Lipinski definition) is 5. The Kier molecular flexibility index (Phi) is 8.18. The molecule has 0 aliphatic rings. The molecular weight excluding hydrogens is 474 g/mol. The Morgan fingerprint density at radius 1 is 0.943 bits per heavy atom. The van der Waals surface area contributed by atoms with Crippen molar-refractivity contribution in [3.63, 3.8) is 0 Å². The molecule has 0 atom stereocenters. The third-order valence-electron chi connectivity index (χ3n) is 5.17. The van der Waals surface area contributed by atoms with Gasteiger partial charge < -0.3 is 9.64 Å². The van der Waals surface area contributed by atoms with E-state index >= 15 is 0 Å². The van der Waals surface area contributed by atoms with E-state index in [0.29, 0.717) is 24.8 Å². The number of rotatable bonds is 9. The second-order valence-electron chi connectivity index (χ2n) is 7.85. The minimum absolute atomic E-state index is 0.140. The van der Waals surface area contributed by atoms with Crippen LogP contribution in [0.25, 0.3) is 0 Å². The van der Waals surface area contributed by atoms with Crippen molar-refractivity contribution in [2.75, 3.05) is 18.1 Å². The Balaban J connectivity index is 1.83. The Bertz CT molecular complexity index is 1120. The second-order valence-corrected chi connectivity index (χ2v) is 7.85. The first kappa shape index (κ1) is 26.2. The molecule has 2 aromatic heterocycles. The van der Waals surface area contributed by atoms with E-state index in [1.165, 1.54) is 4.90 Å². The molecule has 0 aliphatic heterocycles. The van der Waals surface area contributed by atoms with Gasteiger partial charge in [0, 0.05) is 37.2 Å². The lowest BCUT2D eigenvalue weighted by molar-refractivity contribution is -0.143. The minimum atomic E-state index is -4.96. The number of pyridine rings is 1. The monoisotopic (exact) mass is 498 g/mol. The first-order valence-corrected chi connectivity index (χ1v) is 10.9. The Morgan fingerprint density at radius 2 is 1.66 bits per heavy atom. The molecule has 0 radical (unpaired) electrons. The van der Waals surface area contributed by atoms with Crippen LogP contribution in [0.5, 0.6) is 5.88 Å². The number of benzene rings is 1. The zero-order valence-corrected chi connectivity index (χ0v) is 19.1. The highest BCUT2D eigenvalue weighted by Gasteiger charge is 2.38. The van der Waals surface area contributed by atoms with Gasteiger partial charge in [0.05, 0.1) is 17.7 Å². The first-order chi connectivity index (χ1) is 16.5. The van der Waals surface area contributed by atoms with E-state index in [2.05, 4.69) is 15.0 Å². The van der Waals surface area contributed by atoms with Crippen LogP contribution in [-0.2, 0) is 25.3 Å². The second kappa shape index (κ2) is 10.9. The molecule has 0 fully saturated rings. The van der Waals surface area contributed by atoms with Gasteiger partial charge in [-0.15, -0.1) is 0 Å². The molecule has 1 aromatic carbocycles. The van der Waals surface area contributed by atoms with E-state index in [-0.39, 0.29) is 37.3 Å². The number of hydrogen-bond donors (Lipinski definition) is 0. The zero-order valence-electron chi connectivity index (χ0n) is 19.1. The van der Waals surface area contributed by atoms with Gasteiger partial charge >= 0.3 is 12.4 Å². The molecule has 35 heavy (non-hydrogen) atoms.